The lowest BCUT2D eigenvalue weighted by Gasteiger charge is -2.29. The highest BCUT2D eigenvalue weighted by atomic mass is 35.5. The minimum atomic E-state index is -0.0977. The first-order chi connectivity index (χ1) is 12.1. The summed E-state index contributed by atoms with van der Waals surface area (Å²) in [6.45, 7) is 0.674. The predicted molar refractivity (Wildman–Crippen MR) is 98.3 cm³/mol. The smallest absolute Gasteiger partial charge is 0.251 e. The van der Waals surface area contributed by atoms with Gasteiger partial charge in [-0.15, -0.1) is 0 Å². The molecule has 0 atom stereocenters. The molecule has 1 aliphatic carbocycles. The van der Waals surface area contributed by atoms with Crippen LogP contribution in [0, 0.1) is 5.92 Å². The fourth-order valence-electron chi connectivity index (χ4n) is 3.11. The standard InChI is InChI=1S/C20H22ClNO3/c21-16-5-11-19(12-6-16)25-18-9-1-14(2-10-18)13-22-20(24)15-3-7-17(23)8-4-15/h3-8,11-12,14,18,23H,1-2,9-10,13H2,(H,22,24)/t14-,18+. The Labute approximate surface area is 152 Å². The molecule has 1 amide bonds. The predicted octanol–water partition coefficient (Wildman–Crippen LogP) is 4.41. The van der Waals surface area contributed by atoms with Crippen LogP contribution in [0.1, 0.15) is 36.0 Å². The third-order valence-corrected chi connectivity index (χ3v) is 4.84. The molecule has 0 heterocycles. The molecular formula is C20H22ClNO3. The zero-order valence-corrected chi connectivity index (χ0v) is 14.7. The molecule has 1 aliphatic rings. The van der Waals surface area contributed by atoms with E-state index in [0.717, 1.165) is 31.4 Å². The van der Waals surface area contributed by atoms with Crippen LogP contribution >= 0.6 is 11.6 Å². The van der Waals surface area contributed by atoms with Crippen molar-refractivity contribution in [1.29, 1.82) is 0 Å². The largest absolute Gasteiger partial charge is 0.508 e. The number of hydrogen-bond donors (Lipinski definition) is 2. The van der Waals surface area contributed by atoms with E-state index in [1.807, 2.05) is 24.3 Å². The van der Waals surface area contributed by atoms with Crippen molar-refractivity contribution in [2.45, 2.75) is 31.8 Å². The molecule has 0 aromatic heterocycles. The van der Waals surface area contributed by atoms with Crippen molar-refractivity contribution in [1.82, 2.24) is 5.32 Å². The van der Waals surface area contributed by atoms with E-state index in [1.165, 1.54) is 12.1 Å². The second-order valence-corrected chi connectivity index (χ2v) is 6.91. The molecule has 132 valence electrons. The number of rotatable bonds is 5. The summed E-state index contributed by atoms with van der Waals surface area (Å²) in [7, 11) is 0. The van der Waals surface area contributed by atoms with E-state index in [-0.39, 0.29) is 17.8 Å². The number of phenols is 1. The Kier molecular flexibility index (Phi) is 5.82. The summed E-state index contributed by atoms with van der Waals surface area (Å²) in [5, 5.41) is 13.0. The zero-order chi connectivity index (χ0) is 17.6. The molecule has 5 heteroatoms. The fraction of sp³-hybridized carbons (Fsp3) is 0.350. The molecule has 2 N–H and O–H groups in total. The van der Waals surface area contributed by atoms with Gasteiger partial charge in [0.05, 0.1) is 6.10 Å². The second kappa shape index (κ2) is 8.26. The number of ether oxygens (including phenoxy) is 1. The molecule has 2 aromatic carbocycles. The molecular weight excluding hydrogens is 338 g/mol. The van der Waals surface area contributed by atoms with Gasteiger partial charge < -0.3 is 15.2 Å². The summed E-state index contributed by atoms with van der Waals surface area (Å²) in [6.07, 6.45) is 4.28. The first-order valence-electron chi connectivity index (χ1n) is 8.59. The topological polar surface area (TPSA) is 58.6 Å². The van der Waals surface area contributed by atoms with Crippen molar-refractivity contribution in [3.8, 4) is 11.5 Å². The van der Waals surface area contributed by atoms with Crippen LogP contribution in [0.3, 0.4) is 0 Å². The van der Waals surface area contributed by atoms with Gasteiger partial charge in [-0.05, 0) is 80.1 Å². The van der Waals surface area contributed by atoms with E-state index in [1.54, 1.807) is 12.1 Å². The highest BCUT2D eigenvalue weighted by Gasteiger charge is 2.23. The molecule has 2 aromatic rings. The van der Waals surface area contributed by atoms with Gasteiger partial charge in [0.25, 0.3) is 5.91 Å². The van der Waals surface area contributed by atoms with Gasteiger partial charge in [-0.3, -0.25) is 4.79 Å². The Hall–Kier alpha value is -2.20. The number of hydrogen-bond acceptors (Lipinski definition) is 3. The molecule has 25 heavy (non-hydrogen) atoms. The average molecular weight is 360 g/mol. The minimum Gasteiger partial charge on any atom is -0.508 e. The average Bonchev–Trinajstić information content (AvgIpc) is 2.63. The van der Waals surface area contributed by atoms with Crippen molar-refractivity contribution in [3.63, 3.8) is 0 Å². The minimum absolute atomic E-state index is 0.0977. The molecule has 3 rings (SSSR count). The van der Waals surface area contributed by atoms with E-state index in [9.17, 15) is 9.90 Å². The van der Waals surface area contributed by atoms with Gasteiger partial charge in [0, 0.05) is 17.1 Å². The maximum Gasteiger partial charge on any atom is 0.251 e. The maximum absolute atomic E-state index is 12.1. The van der Waals surface area contributed by atoms with Crippen molar-refractivity contribution in [2.75, 3.05) is 6.54 Å². The van der Waals surface area contributed by atoms with Crippen LogP contribution in [0.15, 0.2) is 48.5 Å². The number of benzene rings is 2. The maximum atomic E-state index is 12.1. The van der Waals surface area contributed by atoms with Crippen LogP contribution in [0.2, 0.25) is 5.02 Å². The summed E-state index contributed by atoms with van der Waals surface area (Å²) in [4.78, 5) is 12.1. The monoisotopic (exact) mass is 359 g/mol. The van der Waals surface area contributed by atoms with Crippen LogP contribution in [-0.2, 0) is 0 Å². The quantitative estimate of drug-likeness (QED) is 0.831. The molecule has 1 saturated carbocycles. The number of nitrogens with one attached hydrogen (secondary N) is 1. The van der Waals surface area contributed by atoms with Gasteiger partial charge in [-0.25, -0.2) is 0 Å². The number of carbonyl (C=O) groups is 1. The number of phenolic OH excluding ortho intramolecular Hbond substituents is 1. The summed E-state index contributed by atoms with van der Waals surface area (Å²) in [5.41, 5.74) is 0.567. The summed E-state index contributed by atoms with van der Waals surface area (Å²) >= 11 is 5.88. The SMILES string of the molecule is O=C(NC[C@H]1CC[C@@H](Oc2ccc(Cl)cc2)CC1)c1ccc(O)cc1. The third kappa shape index (κ3) is 5.13. The number of aromatic hydroxyl groups is 1. The van der Waals surface area contributed by atoms with Crippen molar-refractivity contribution in [3.05, 3.63) is 59.1 Å². The molecule has 0 radical (unpaired) electrons. The zero-order valence-electron chi connectivity index (χ0n) is 14.0. The second-order valence-electron chi connectivity index (χ2n) is 6.47. The van der Waals surface area contributed by atoms with Crippen molar-refractivity contribution in [2.24, 2.45) is 5.92 Å². The highest BCUT2D eigenvalue weighted by molar-refractivity contribution is 6.30. The Balaban J connectivity index is 1.41. The van der Waals surface area contributed by atoms with E-state index in [0.29, 0.717) is 23.0 Å². The van der Waals surface area contributed by atoms with E-state index >= 15 is 0 Å². The van der Waals surface area contributed by atoms with Gasteiger partial charge in [0.1, 0.15) is 11.5 Å². The first-order valence-corrected chi connectivity index (χ1v) is 8.97. The third-order valence-electron chi connectivity index (χ3n) is 4.59. The van der Waals surface area contributed by atoms with Crippen LogP contribution < -0.4 is 10.1 Å². The summed E-state index contributed by atoms with van der Waals surface area (Å²) in [5.74, 6) is 1.40. The molecule has 0 saturated heterocycles. The van der Waals surface area contributed by atoms with Crippen LogP contribution in [0.4, 0.5) is 0 Å². The van der Waals surface area contributed by atoms with Crippen molar-refractivity contribution < 1.29 is 14.6 Å². The van der Waals surface area contributed by atoms with Crippen LogP contribution in [0.5, 0.6) is 11.5 Å². The molecule has 0 bridgehead atoms. The number of halogens is 1. The van der Waals surface area contributed by atoms with Gasteiger partial charge >= 0.3 is 0 Å². The van der Waals surface area contributed by atoms with Gasteiger partial charge in [-0.2, -0.15) is 0 Å². The summed E-state index contributed by atoms with van der Waals surface area (Å²) in [6, 6.07) is 13.8. The lowest BCUT2D eigenvalue weighted by atomic mass is 9.87. The highest BCUT2D eigenvalue weighted by Crippen LogP contribution is 2.28. The van der Waals surface area contributed by atoms with Crippen molar-refractivity contribution >= 4 is 17.5 Å². The van der Waals surface area contributed by atoms with E-state index < -0.39 is 0 Å². The Morgan fingerprint density at radius 3 is 2.32 bits per heavy atom. The van der Waals surface area contributed by atoms with E-state index in [2.05, 4.69) is 5.32 Å². The van der Waals surface area contributed by atoms with E-state index in [4.69, 9.17) is 16.3 Å². The lowest BCUT2D eigenvalue weighted by Crippen LogP contribution is -2.33. The summed E-state index contributed by atoms with van der Waals surface area (Å²) < 4.78 is 6.00. The normalized spacial score (nSPS) is 20.0. The van der Waals surface area contributed by atoms with Gasteiger partial charge in [0.2, 0.25) is 0 Å². The van der Waals surface area contributed by atoms with Gasteiger partial charge in [0.15, 0.2) is 0 Å². The fourth-order valence-corrected chi connectivity index (χ4v) is 3.24. The van der Waals surface area contributed by atoms with Gasteiger partial charge in [-0.1, -0.05) is 11.6 Å². The first kappa shape index (κ1) is 17.6. The van der Waals surface area contributed by atoms with Crippen LogP contribution in [0.25, 0.3) is 0 Å². The lowest BCUT2D eigenvalue weighted by molar-refractivity contribution is 0.0928. The Morgan fingerprint density at radius 1 is 1.04 bits per heavy atom. The number of amides is 1. The molecule has 4 nitrogen and oxygen atoms in total. The Morgan fingerprint density at radius 2 is 1.68 bits per heavy atom. The Bertz CT molecular complexity index is 692. The molecule has 1 fully saturated rings. The van der Waals surface area contributed by atoms with Crippen LogP contribution in [-0.4, -0.2) is 23.7 Å². The molecule has 0 aliphatic heterocycles. The molecule has 0 spiro atoms. The molecule has 0 unspecified atom stereocenters. The number of carbonyl (C=O) groups excluding carboxylic acids is 1.